The molecule has 0 heterocycles. The molecular formula is C11H24O3. The van der Waals surface area contributed by atoms with Crippen molar-refractivity contribution in [1.29, 1.82) is 0 Å². The maximum absolute atomic E-state index is 4.71. The van der Waals surface area contributed by atoms with Crippen molar-refractivity contribution in [2.24, 2.45) is 0 Å². The van der Waals surface area contributed by atoms with E-state index in [0.29, 0.717) is 6.61 Å². The Morgan fingerprint density at radius 2 is 1.36 bits per heavy atom. The van der Waals surface area contributed by atoms with Crippen LogP contribution >= 0.6 is 0 Å². The average molecular weight is 204 g/mol. The van der Waals surface area contributed by atoms with Crippen molar-refractivity contribution in [3.05, 3.63) is 0 Å². The zero-order valence-electron chi connectivity index (χ0n) is 9.59. The van der Waals surface area contributed by atoms with E-state index < -0.39 is 0 Å². The molecule has 14 heavy (non-hydrogen) atoms. The second-order valence-electron chi connectivity index (χ2n) is 3.53. The first-order chi connectivity index (χ1) is 6.91. The summed E-state index contributed by atoms with van der Waals surface area (Å²) in [6, 6.07) is 0. The van der Waals surface area contributed by atoms with Gasteiger partial charge in [-0.25, -0.2) is 9.78 Å². The fraction of sp³-hybridized carbons (Fsp3) is 1.00. The Balaban J connectivity index is 2.78. The van der Waals surface area contributed by atoms with E-state index in [4.69, 9.17) is 4.89 Å². The van der Waals surface area contributed by atoms with Gasteiger partial charge in [-0.2, -0.15) is 0 Å². The molecule has 0 fully saturated rings. The molecule has 86 valence electrons. The quantitative estimate of drug-likeness (QED) is 0.292. The first kappa shape index (κ1) is 13.9. The van der Waals surface area contributed by atoms with Gasteiger partial charge in [-0.3, -0.25) is 0 Å². The summed E-state index contributed by atoms with van der Waals surface area (Å²) >= 11 is 0. The van der Waals surface area contributed by atoms with Gasteiger partial charge in [-0.1, -0.05) is 56.9 Å². The van der Waals surface area contributed by atoms with E-state index in [9.17, 15) is 0 Å². The van der Waals surface area contributed by atoms with Gasteiger partial charge < -0.3 is 0 Å². The summed E-state index contributed by atoms with van der Waals surface area (Å²) in [6.45, 7) is 2.87. The van der Waals surface area contributed by atoms with E-state index in [1.165, 1.54) is 52.1 Å². The molecule has 0 spiro atoms. The fourth-order valence-electron chi connectivity index (χ4n) is 1.38. The highest BCUT2D eigenvalue weighted by Gasteiger charge is 1.92. The molecule has 0 aromatic carbocycles. The van der Waals surface area contributed by atoms with Crippen LogP contribution in [-0.4, -0.2) is 13.7 Å². The molecule has 3 nitrogen and oxygen atoms in total. The molecule has 3 heteroatoms. The Labute approximate surface area is 87.6 Å². The lowest BCUT2D eigenvalue weighted by atomic mass is 10.1. The minimum absolute atomic E-state index is 0.628. The van der Waals surface area contributed by atoms with Crippen LogP contribution in [0.2, 0.25) is 0 Å². The van der Waals surface area contributed by atoms with Crippen molar-refractivity contribution in [3.63, 3.8) is 0 Å². The van der Waals surface area contributed by atoms with E-state index >= 15 is 0 Å². The highest BCUT2D eigenvalue weighted by molar-refractivity contribution is 4.44. The molecule has 0 aliphatic heterocycles. The van der Waals surface area contributed by atoms with Crippen LogP contribution in [-0.2, 0) is 14.8 Å². The summed E-state index contributed by atoms with van der Waals surface area (Å²) in [6.07, 6.45) is 10.4. The molecule has 0 aliphatic rings. The van der Waals surface area contributed by atoms with Gasteiger partial charge in [0, 0.05) is 0 Å². The van der Waals surface area contributed by atoms with Crippen LogP contribution in [0.1, 0.15) is 58.3 Å². The summed E-state index contributed by atoms with van der Waals surface area (Å²) in [7, 11) is 1.44. The van der Waals surface area contributed by atoms with Gasteiger partial charge in [0.15, 0.2) is 0 Å². The monoisotopic (exact) mass is 204 g/mol. The average Bonchev–Trinajstić information content (AvgIpc) is 2.21. The highest BCUT2D eigenvalue weighted by Crippen LogP contribution is 2.08. The molecule has 0 radical (unpaired) electrons. The van der Waals surface area contributed by atoms with Crippen LogP contribution in [0.5, 0.6) is 0 Å². The molecule has 0 N–H and O–H groups in total. The van der Waals surface area contributed by atoms with E-state index in [1.807, 2.05) is 0 Å². The summed E-state index contributed by atoms with van der Waals surface area (Å²) < 4.78 is 0. The van der Waals surface area contributed by atoms with Crippen molar-refractivity contribution >= 4 is 0 Å². The minimum Gasteiger partial charge on any atom is -0.210 e. The zero-order chi connectivity index (χ0) is 10.5. The second-order valence-corrected chi connectivity index (χ2v) is 3.53. The highest BCUT2D eigenvalue weighted by atomic mass is 17.5. The Kier molecular flexibility index (Phi) is 12.8. The summed E-state index contributed by atoms with van der Waals surface area (Å²) in [5.74, 6) is 0. The fourth-order valence-corrected chi connectivity index (χ4v) is 1.38. The molecule has 0 aromatic heterocycles. The smallest absolute Gasteiger partial charge is 0.0853 e. The topological polar surface area (TPSA) is 27.7 Å². The molecule has 0 unspecified atom stereocenters. The summed E-state index contributed by atoms with van der Waals surface area (Å²) in [5, 5.41) is 4.29. The molecule has 0 rings (SSSR count). The molecule has 0 amide bonds. The zero-order valence-corrected chi connectivity index (χ0v) is 9.59. The van der Waals surface area contributed by atoms with E-state index in [2.05, 4.69) is 16.8 Å². The van der Waals surface area contributed by atoms with Gasteiger partial charge in [0.2, 0.25) is 0 Å². The van der Waals surface area contributed by atoms with Crippen LogP contribution in [0.25, 0.3) is 0 Å². The van der Waals surface area contributed by atoms with Gasteiger partial charge in [0.1, 0.15) is 0 Å². The number of rotatable bonds is 11. The Morgan fingerprint density at radius 1 is 0.786 bits per heavy atom. The second kappa shape index (κ2) is 12.9. The van der Waals surface area contributed by atoms with Crippen molar-refractivity contribution in [2.45, 2.75) is 58.3 Å². The third kappa shape index (κ3) is 11.9. The molecule has 0 saturated heterocycles. The first-order valence-electron chi connectivity index (χ1n) is 5.74. The maximum Gasteiger partial charge on any atom is 0.0853 e. The lowest BCUT2D eigenvalue weighted by molar-refractivity contribution is -0.502. The van der Waals surface area contributed by atoms with E-state index in [0.717, 1.165) is 6.42 Å². The molecule has 0 bridgehead atoms. The van der Waals surface area contributed by atoms with Crippen molar-refractivity contribution < 1.29 is 14.8 Å². The molecule has 0 atom stereocenters. The minimum atomic E-state index is 0.628. The molecule has 0 aliphatic carbocycles. The van der Waals surface area contributed by atoms with Crippen molar-refractivity contribution in [2.75, 3.05) is 13.7 Å². The maximum atomic E-state index is 4.71. The van der Waals surface area contributed by atoms with E-state index in [1.54, 1.807) is 0 Å². The van der Waals surface area contributed by atoms with Gasteiger partial charge in [0.05, 0.1) is 13.7 Å². The normalized spacial score (nSPS) is 10.7. The standard InChI is InChI=1S/C11H24O3/c1-3-4-5-6-7-8-9-10-11-13-14-12-2/h3-11H2,1-2H3. The van der Waals surface area contributed by atoms with Crippen LogP contribution in [0, 0.1) is 0 Å². The van der Waals surface area contributed by atoms with Gasteiger partial charge in [-0.05, 0) is 6.42 Å². The van der Waals surface area contributed by atoms with Crippen LogP contribution in [0.4, 0.5) is 0 Å². The summed E-state index contributed by atoms with van der Waals surface area (Å²) in [4.78, 5) is 9.00. The predicted octanol–water partition coefficient (Wildman–Crippen LogP) is 3.64. The number of hydrogen-bond acceptors (Lipinski definition) is 3. The van der Waals surface area contributed by atoms with Gasteiger partial charge in [-0.15, -0.1) is 0 Å². The van der Waals surface area contributed by atoms with Crippen LogP contribution in [0.15, 0.2) is 0 Å². The van der Waals surface area contributed by atoms with Crippen molar-refractivity contribution in [3.8, 4) is 0 Å². The summed E-state index contributed by atoms with van der Waals surface area (Å²) in [5.41, 5.74) is 0. The third-order valence-corrected chi connectivity index (χ3v) is 2.20. The Morgan fingerprint density at radius 3 is 1.93 bits per heavy atom. The molecular weight excluding hydrogens is 180 g/mol. The predicted molar refractivity (Wildman–Crippen MR) is 56.7 cm³/mol. The number of hydrogen-bond donors (Lipinski definition) is 0. The lowest BCUT2D eigenvalue weighted by Crippen LogP contribution is -1.95. The van der Waals surface area contributed by atoms with E-state index in [-0.39, 0.29) is 0 Å². The Bertz CT molecular complexity index is 84.5. The number of unbranched alkanes of at least 4 members (excludes halogenated alkanes) is 7. The SMILES string of the molecule is CCCCCCCCCCOOOC. The first-order valence-corrected chi connectivity index (χ1v) is 5.74. The van der Waals surface area contributed by atoms with Gasteiger partial charge in [0.25, 0.3) is 0 Å². The molecule has 0 saturated carbocycles. The third-order valence-electron chi connectivity index (χ3n) is 2.20. The molecule has 0 aromatic rings. The van der Waals surface area contributed by atoms with Gasteiger partial charge >= 0.3 is 0 Å². The van der Waals surface area contributed by atoms with Crippen LogP contribution < -0.4 is 0 Å². The Hall–Kier alpha value is -0.120. The van der Waals surface area contributed by atoms with Crippen molar-refractivity contribution in [1.82, 2.24) is 0 Å². The largest absolute Gasteiger partial charge is 0.210 e. The lowest BCUT2D eigenvalue weighted by Gasteiger charge is -2.01. The van der Waals surface area contributed by atoms with Crippen LogP contribution in [0.3, 0.4) is 0 Å².